The highest BCUT2D eigenvalue weighted by Crippen LogP contribution is 2.24. The Labute approximate surface area is 124 Å². The lowest BCUT2D eigenvalue weighted by molar-refractivity contribution is 0.159. The Morgan fingerprint density at radius 1 is 1.30 bits per heavy atom. The molecule has 0 aromatic heterocycles. The van der Waals surface area contributed by atoms with Crippen molar-refractivity contribution in [3.63, 3.8) is 0 Å². The molecule has 2 aliphatic rings. The Balaban J connectivity index is 1.60. The van der Waals surface area contributed by atoms with Crippen LogP contribution in [0.1, 0.15) is 25.7 Å². The van der Waals surface area contributed by atoms with Crippen LogP contribution in [0.15, 0.2) is 18.2 Å². The second kappa shape index (κ2) is 6.29. The summed E-state index contributed by atoms with van der Waals surface area (Å²) in [4.78, 5) is 2.48. The third kappa shape index (κ3) is 3.25. The minimum absolute atomic E-state index is 0.173. The Bertz CT molecular complexity index is 462. The first-order valence-corrected chi connectivity index (χ1v) is 7.72. The van der Waals surface area contributed by atoms with E-state index in [-0.39, 0.29) is 10.8 Å². The Kier molecular flexibility index (Phi) is 4.44. The van der Waals surface area contributed by atoms with Gasteiger partial charge in [-0.1, -0.05) is 11.6 Å². The molecule has 0 saturated carbocycles. The minimum atomic E-state index is -0.370. The molecule has 0 bridgehead atoms. The SMILES string of the molecule is Fc1ccc(NC2CC[N]C(N3CCCC3)C2)cc1Cl. The number of rotatable bonds is 3. The third-order valence-corrected chi connectivity index (χ3v) is 4.45. The Morgan fingerprint density at radius 2 is 2.10 bits per heavy atom. The van der Waals surface area contributed by atoms with Crippen LogP contribution in [0.25, 0.3) is 0 Å². The smallest absolute Gasteiger partial charge is 0.141 e. The van der Waals surface area contributed by atoms with Crippen molar-refractivity contribution in [1.29, 1.82) is 0 Å². The third-order valence-electron chi connectivity index (χ3n) is 4.17. The normalized spacial score (nSPS) is 27.7. The highest BCUT2D eigenvalue weighted by Gasteiger charge is 2.28. The zero-order valence-corrected chi connectivity index (χ0v) is 12.2. The van der Waals surface area contributed by atoms with Crippen LogP contribution in [-0.4, -0.2) is 36.7 Å². The summed E-state index contributed by atoms with van der Waals surface area (Å²) in [6, 6.07) is 5.21. The molecule has 1 aromatic rings. The number of benzene rings is 1. The van der Waals surface area contributed by atoms with Crippen LogP contribution < -0.4 is 10.6 Å². The van der Waals surface area contributed by atoms with Crippen LogP contribution in [0, 0.1) is 5.82 Å². The van der Waals surface area contributed by atoms with Crippen molar-refractivity contribution in [3.8, 4) is 0 Å². The summed E-state index contributed by atoms with van der Waals surface area (Å²) < 4.78 is 13.2. The number of nitrogens with one attached hydrogen (secondary N) is 1. The molecule has 3 nitrogen and oxygen atoms in total. The highest BCUT2D eigenvalue weighted by atomic mass is 35.5. The molecule has 2 unspecified atom stereocenters. The average molecular weight is 297 g/mol. The van der Waals surface area contributed by atoms with Crippen molar-refractivity contribution in [1.82, 2.24) is 10.2 Å². The van der Waals surface area contributed by atoms with Gasteiger partial charge in [-0.05, 0) is 57.0 Å². The molecule has 1 radical (unpaired) electrons. The largest absolute Gasteiger partial charge is 0.382 e. The topological polar surface area (TPSA) is 29.4 Å². The molecular weight excluding hydrogens is 277 g/mol. The van der Waals surface area contributed by atoms with E-state index in [2.05, 4.69) is 10.2 Å². The molecule has 2 aliphatic heterocycles. The number of likely N-dealkylation sites (tertiary alicyclic amines) is 1. The maximum atomic E-state index is 13.2. The highest BCUT2D eigenvalue weighted by molar-refractivity contribution is 6.31. The number of hydrogen-bond donors (Lipinski definition) is 1. The van der Waals surface area contributed by atoms with Gasteiger partial charge in [0.1, 0.15) is 5.82 Å². The summed E-state index contributed by atoms with van der Waals surface area (Å²) in [6.07, 6.45) is 4.98. The average Bonchev–Trinajstić information content (AvgIpc) is 2.97. The maximum absolute atomic E-state index is 13.2. The molecule has 20 heavy (non-hydrogen) atoms. The first-order chi connectivity index (χ1) is 9.72. The van der Waals surface area contributed by atoms with Crippen molar-refractivity contribution < 1.29 is 4.39 Å². The van der Waals surface area contributed by atoms with E-state index in [4.69, 9.17) is 16.9 Å². The number of halogens is 2. The van der Waals surface area contributed by atoms with Gasteiger partial charge in [-0.2, -0.15) is 0 Å². The Morgan fingerprint density at radius 3 is 2.85 bits per heavy atom. The molecule has 1 N–H and O–H groups in total. The lowest BCUT2D eigenvalue weighted by Crippen LogP contribution is -2.48. The molecule has 1 aromatic carbocycles. The van der Waals surface area contributed by atoms with E-state index in [1.54, 1.807) is 12.1 Å². The van der Waals surface area contributed by atoms with Crippen molar-refractivity contribution in [3.05, 3.63) is 29.0 Å². The van der Waals surface area contributed by atoms with Crippen molar-refractivity contribution in [2.75, 3.05) is 25.0 Å². The number of hydrogen-bond acceptors (Lipinski definition) is 2. The van der Waals surface area contributed by atoms with E-state index in [0.29, 0.717) is 12.2 Å². The minimum Gasteiger partial charge on any atom is -0.382 e. The van der Waals surface area contributed by atoms with Crippen molar-refractivity contribution in [2.45, 2.75) is 37.9 Å². The fourth-order valence-corrected chi connectivity index (χ4v) is 3.26. The van der Waals surface area contributed by atoms with Gasteiger partial charge in [0.15, 0.2) is 0 Å². The second-order valence-electron chi connectivity index (χ2n) is 5.62. The quantitative estimate of drug-likeness (QED) is 0.929. The molecule has 2 saturated heterocycles. The Hall–Kier alpha value is -0.840. The van der Waals surface area contributed by atoms with Gasteiger partial charge in [0.05, 0.1) is 11.2 Å². The zero-order valence-electron chi connectivity index (χ0n) is 11.5. The van der Waals surface area contributed by atoms with E-state index < -0.39 is 0 Å². The van der Waals surface area contributed by atoms with E-state index in [0.717, 1.165) is 25.1 Å². The van der Waals surface area contributed by atoms with Crippen molar-refractivity contribution in [2.24, 2.45) is 0 Å². The van der Waals surface area contributed by atoms with Crippen LogP contribution >= 0.6 is 11.6 Å². The van der Waals surface area contributed by atoms with Gasteiger partial charge >= 0.3 is 0 Å². The molecule has 0 spiro atoms. The van der Waals surface area contributed by atoms with Crippen LogP contribution in [-0.2, 0) is 0 Å². The molecule has 5 heteroatoms. The van der Waals surface area contributed by atoms with Gasteiger partial charge in [-0.3, -0.25) is 4.90 Å². The van der Waals surface area contributed by atoms with E-state index in [9.17, 15) is 4.39 Å². The van der Waals surface area contributed by atoms with Crippen LogP contribution in [0.3, 0.4) is 0 Å². The summed E-state index contributed by atoms with van der Waals surface area (Å²) in [5, 5.41) is 8.37. The predicted molar refractivity (Wildman–Crippen MR) is 79.7 cm³/mol. The fraction of sp³-hybridized carbons (Fsp3) is 0.600. The van der Waals surface area contributed by atoms with E-state index >= 15 is 0 Å². The first kappa shape index (κ1) is 14.1. The summed E-state index contributed by atoms with van der Waals surface area (Å²) in [5.74, 6) is -0.370. The number of nitrogens with zero attached hydrogens (tertiary/aromatic N) is 2. The lowest BCUT2D eigenvalue weighted by atomic mass is 10.0. The van der Waals surface area contributed by atoms with Gasteiger partial charge in [0.2, 0.25) is 0 Å². The fourth-order valence-electron chi connectivity index (χ4n) is 3.08. The van der Waals surface area contributed by atoms with Crippen LogP contribution in [0.2, 0.25) is 5.02 Å². The molecule has 109 valence electrons. The first-order valence-electron chi connectivity index (χ1n) is 7.34. The van der Waals surface area contributed by atoms with Gasteiger partial charge in [-0.15, -0.1) is 0 Å². The van der Waals surface area contributed by atoms with Crippen molar-refractivity contribution >= 4 is 17.3 Å². The summed E-state index contributed by atoms with van der Waals surface area (Å²) in [6.45, 7) is 3.24. The van der Waals surface area contributed by atoms with Gasteiger partial charge < -0.3 is 5.32 Å². The van der Waals surface area contributed by atoms with Gasteiger partial charge in [0, 0.05) is 18.3 Å². The lowest BCUT2D eigenvalue weighted by Gasteiger charge is -2.35. The van der Waals surface area contributed by atoms with Crippen LogP contribution in [0.5, 0.6) is 0 Å². The van der Waals surface area contributed by atoms with Crippen LogP contribution in [0.4, 0.5) is 10.1 Å². The molecular formula is C15H20ClFN3. The standard InChI is InChI=1S/C15H20ClFN3/c16-13-9-11(3-4-14(13)17)19-12-5-6-18-15(10-12)20-7-1-2-8-20/h3-4,9,12,15,19H,1-2,5-8,10H2. The van der Waals surface area contributed by atoms with E-state index in [1.807, 2.05) is 0 Å². The summed E-state index contributed by atoms with van der Waals surface area (Å²) in [5.41, 5.74) is 0.892. The van der Waals surface area contributed by atoms with Gasteiger partial charge in [-0.25, -0.2) is 9.71 Å². The van der Waals surface area contributed by atoms with Gasteiger partial charge in [0.25, 0.3) is 0 Å². The monoisotopic (exact) mass is 296 g/mol. The molecule has 0 aliphatic carbocycles. The molecule has 2 atom stereocenters. The molecule has 2 heterocycles. The second-order valence-corrected chi connectivity index (χ2v) is 6.03. The summed E-state index contributed by atoms with van der Waals surface area (Å²) >= 11 is 5.82. The predicted octanol–water partition coefficient (Wildman–Crippen LogP) is 3.08. The molecule has 2 fully saturated rings. The number of anilines is 1. The zero-order chi connectivity index (χ0) is 13.9. The molecule has 3 rings (SSSR count). The summed E-state index contributed by atoms with van der Waals surface area (Å²) in [7, 11) is 0. The number of piperidine rings is 1. The van der Waals surface area contributed by atoms with E-state index in [1.165, 1.54) is 32.0 Å². The molecule has 0 amide bonds. The maximum Gasteiger partial charge on any atom is 0.141 e.